The Morgan fingerprint density at radius 3 is 2.52 bits per heavy atom. The van der Waals surface area contributed by atoms with Crippen LogP contribution in [-0.4, -0.2) is 72.3 Å². The van der Waals surface area contributed by atoms with Crippen molar-refractivity contribution in [2.24, 2.45) is 0 Å². The number of aromatic nitrogens is 2. The molecule has 1 amide bonds. The highest BCUT2D eigenvalue weighted by atomic mass is 16.3. The van der Waals surface area contributed by atoms with E-state index in [0.717, 1.165) is 36.7 Å². The van der Waals surface area contributed by atoms with Gasteiger partial charge >= 0.3 is 0 Å². The molecule has 0 saturated carbocycles. The van der Waals surface area contributed by atoms with Crippen LogP contribution in [0.1, 0.15) is 12.0 Å². The average molecular weight is 367 g/mol. The molecule has 1 unspecified atom stereocenters. The highest BCUT2D eigenvalue weighted by Crippen LogP contribution is 2.36. The third-order valence-electron chi connectivity index (χ3n) is 5.79. The number of piperazine rings is 1. The van der Waals surface area contributed by atoms with E-state index in [-0.39, 0.29) is 17.9 Å². The predicted molar refractivity (Wildman–Crippen MR) is 104 cm³/mol. The third-order valence-corrected chi connectivity index (χ3v) is 5.79. The number of benzene rings is 1. The van der Waals surface area contributed by atoms with E-state index in [1.165, 1.54) is 0 Å². The van der Waals surface area contributed by atoms with Crippen molar-refractivity contribution in [2.75, 3.05) is 56.2 Å². The molecule has 27 heavy (non-hydrogen) atoms. The van der Waals surface area contributed by atoms with Gasteiger partial charge in [0, 0.05) is 44.7 Å². The monoisotopic (exact) mass is 367 g/mol. The van der Waals surface area contributed by atoms with Gasteiger partial charge in [-0.05, 0) is 12.0 Å². The number of carbonyl (C=O) groups excluding carboxylic acids is 1. The fourth-order valence-corrected chi connectivity index (χ4v) is 3.95. The first-order valence-electron chi connectivity index (χ1n) is 9.34. The van der Waals surface area contributed by atoms with Crippen molar-refractivity contribution >= 4 is 17.5 Å². The average Bonchev–Trinajstić information content (AvgIpc) is 3.17. The van der Waals surface area contributed by atoms with Crippen molar-refractivity contribution in [3.63, 3.8) is 0 Å². The molecule has 2 aliphatic rings. The number of nitrogens with zero attached hydrogens (tertiary/aromatic N) is 5. The number of anilines is 2. The third kappa shape index (κ3) is 3.35. The van der Waals surface area contributed by atoms with Crippen LogP contribution < -0.4 is 9.80 Å². The number of likely N-dealkylation sites (N-methyl/N-ethyl adjacent to an activating group) is 1. The van der Waals surface area contributed by atoms with Crippen LogP contribution >= 0.6 is 0 Å². The van der Waals surface area contributed by atoms with E-state index in [9.17, 15) is 9.90 Å². The molecule has 0 aliphatic carbocycles. The van der Waals surface area contributed by atoms with Gasteiger partial charge in [-0.1, -0.05) is 30.3 Å². The summed E-state index contributed by atoms with van der Waals surface area (Å²) in [6.07, 6.45) is 2.44. The van der Waals surface area contributed by atoms with Crippen molar-refractivity contribution in [1.29, 1.82) is 0 Å². The van der Waals surface area contributed by atoms with Crippen LogP contribution in [0.5, 0.6) is 0 Å². The summed E-state index contributed by atoms with van der Waals surface area (Å²) >= 11 is 0. The number of hydrogen-bond acceptors (Lipinski definition) is 6. The van der Waals surface area contributed by atoms with Crippen molar-refractivity contribution in [3.8, 4) is 0 Å². The van der Waals surface area contributed by atoms with E-state index in [4.69, 9.17) is 0 Å². The molecule has 1 aromatic heterocycles. The SMILES string of the molecule is CN1CCN(c2cc(N3CCC(CO)(c4ccccc4)C3)ncn2)CC1=O. The molecule has 142 valence electrons. The second-order valence-electron chi connectivity index (χ2n) is 7.45. The molecular formula is C20H25N5O2. The highest BCUT2D eigenvalue weighted by Gasteiger charge is 2.39. The Labute approximate surface area is 159 Å². The molecule has 2 saturated heterocycles. The molecule has 2 aliphatic heterocycles. The number of amides is 1. The van der Waals surface area contributed by atoms with Gasteiger partial charge in [-0.3, -0.25) is 4.79 Å². The molecule has 2 aromatic rings. The lowest BCUT2D eigenvalue weighted by atomic mass is 9.80. The quantitative estimate of drug-likeness (QED) is 0.866. The Kier molecular flexibility index (Phi) is 4.70. The lowest BCUT2D eigenvalue weighted by Gasteiger charge is -2.33. The second kappa shape index (κ2) is 7.15. The summed E-state index contributed by atoms with van der Waals surface area (Å²) in [6, 6.07) is 12.2. The second-order valence-corrected chi connectivity index (χ2v) is 7.45. The zero-order valence-electron chi connectivity index (χ0n) is 15.6. The fraction of sp³-hybridized carbons (Fsp3) is 0.450. The summed E-state index contributed by atoms with van der Waals surface area (Å²) in [5, 5.41) is 10.1. The molecule has 2 fully saturated rings. The Morgan fingerprint density at radius 2 is 1.81 bits per heavy atom. The van der Waals surface area contributed by atoms with Crippen molar-refractivity contribution in [3.05, 3.63) is 48.3 Å². The fourth-order valence-electron chi connectivity index (χ4n) is 3.95. The maximum atomic E-state index is 12.0. The minimum Gasteiger partial charge on any atom is -0.395 e. The van der Waals surface area contributed by atoms with Crippen molar-refractivity contribution < 1.29 is 9.90 Å². The molecule has 0 radical (unpaired) electrons. The van der Waals surface area contributed by atoms with Gasteiger partial charge in [0.25, 0.3) is 0 Å². The summed E-state index contributed by atoms with van der Waals surface area (Å²) in [6.45, 7) is 3.46. The molecule has 3 heterocycles. The molecule has 0 bridgehead atoms. The first kappa shape index (κ1) is 17.7. The predicted octanol–water partition coefficient (Wildman–Crippen LogP) is 0.895. The largest absolute Gasteiger partial charge is 0.395 e. The number of carbonyl (C=O) groups is 1. The summed E-state index contributed by atoms with van der Waals surface area (Å²) in [5.41, 5.74) is 0.893. The van der Waals surface area contributed by atoms with E-state index in [1.807, 2.05) is 36.2 Å². The van der Waals surface area contributed by atoms with Crippen LogP contribution in [0.3, 0.4) is 0 Å². The van der Waals surface area contributed by atoms with Crippen LogP contribution in [-0.2, 0) is 10.2 Å². The van der Waals surface area contributed by atoms with E-state index < -0.39 is 0 Å². The van der Waals surface area contributed by atoms with Crippen LogP contribution in [0.2, 0.25) is 0 Å². The Morgan fingerprint density at radius 1 is 1.07 bits per heavy atom. The van der Waals surface area contributed by atoms with Crippen LogP contribution in [0.15, 0.2) is 42.7 Å². The number of hydrogen-bond donors (Lipinski definition) is 1. The summed E-state index contributed by atoms with van der Waals surface area (Å²) in [4.78, 5) is 26.8. The minimum absolute atomic E-state index is 0.103. The number of aliphatic hydroxyl groups excluding tert-OH is 1. The Hall–Kier alpha value is -2.67. The smallest absolute Gasteiger partial charge is 0.241 e. The lowest BCUT2D eigenvalue weighted by molar-refractivity contribution is -0.129. The summed E-state index contributed by atoms with van der Waals surface area (Å²) < 4.78 is 0. The van der Waals surface area contributed by atoms with E-state index in [2.05, 4.69) is 27.0 Å². The molecule has 0 spiro atoms. The summed E-state index contributed by atoms with van der Waals surface area (Å²) in [7, 11) is 1.83. The number of rotatable bonds is 4. The topological polar surface area (TPSA) is 72.8 Å². The van der Waals surface area contributed by atoms with Gasteiger partial charge in [-0.25, -0.2) is 9.97 Å². The van der Waals surface area contributed by atoms with Gasteiger partial charge in [0.2, 0.25) is 5.91 Å². The van der Waals surface area contributed by atoms with Gasteiger partial charge in [0.05, 0.1) is 13.2 Å². The normalized spacial score (nSPS) is 23.2. The minimum atomic E-state index is -0.268. The molecule has 1 atom stereocenters. The molecule has 1 aromatic carbocycles. The van der Waals surface area contributed by atoms with Gasteiger partial charge in [-0.2, -0.15) is 0 Å². The zero-order valence-corrected chi connectivity index (χ0v) is 15.6. The standard InChI is InChI=1S/C20H25N5O2/c1-23-9-10-24(12-19(23)27)17-11-18(22-15-21-17)25-8-7-20(13-25,14-26)16-5-3-2-4-6-16/h2-6,11,15,26H,7-10,12-14H2,1H3. The van der Waals surface area contributed by atoms with Crippen LogP contribution in [0, 0.1) is 0 Å². The first-order valence-corrected chi connectivity index (χ1v) is 9.34. The van der Waals surface area contributed by atoms with Gasteiger partial charge in [-0.15, -0.1) is 0 Å². The maximum absolute atomic E-state index is 12.0. The van der Waals surface area contributed by atoms with Gasteiger partial charge < -0.3 is 19.8 Å². The molecule has 7 nitrogen and oxygen atoms in total. The zero-order chi connectivity index (χ0) is 18.9. The maximum Gasteiger partial charge on any atom is 0.241 e. The van der Waals surface area contributed by atoms with E-state index in [0.29, 0.717) is 19.6 Å². The Bertz CT molecular complexity index is 815. The van der Waals surface area contributed by atoms with Crippen molar-refractivity contribution in [2.45, 2.75) is 11.8 Å². The van der Waals surface area contributed by atoms with Gasteiger partial charge in [0.1, 0.15) is 18.0 Å². The Balaban J connectivity index is 1.54. The molecule has 1 N–H and O–H groups in total. The number of aliphatic hydroxyl groups is 1. The molecular weight excluding hydrogens is 342 g/mol. The van der Waals surface area contributed by atoms with Crippen molar-refractivity contribution in [1.82, 2.24) is 14.9 Å². The first-order chi connectivity index (χ1) is 13.1. The highest BCUT2D eigenvalue weighted by molar-refractivity contribution is 5.82. The van der Waals surface area contributed by atoms with E-state index >= 15 is 0 Å². The van der Waals surface area contributed by atoms with E-state index in [1.54, 1.807) is 11.2 Å². The van der Waals surface area contributed by atoms with Gasteiger partial charge in [0.15, 0.2) is 0 Å². The summed E-state index contributed by atoms with van der Waals surface area (Å²) in [5.74, 6) is 1.73. The van der Waals surface area contributed by atoms with Crippen LogP contribution in [0.25, 0.3) is 0 Å². The van der Waals surface area contributed by atoms with Crippen LogP contribution in [0.4, 0.5) is 11.6 Å². The molecule has 7 heteroatoms. The lowest BCUT2D eigenvalue weighted by Crippen LogP contribution is -2.48. The molecule has 4 rings (SSSR count).